The zero-order valence-corrected chi connectivity index (χ0v) is 9.37. The van der Waals surface area contributed by atoms with Crippen molar-refractivity contribution in [3.05, 3.63) is 30.1 Å². The third-order valence-electron chi connectivity index (χ3n) is 2.72. The highest BCUT2D eigenvalue weighted by molar-refractivity contribution is 5.94. The molecule has 5 nitrogen and oxygen atoms in total. The van der Waals surface area contributed by atoms with Crippen molar-refractivity contribution in [1.29, 1.82) is 0 Å². The Labute approximate surface area is 99.1 Å². The van der Waals surface area contributed by atoms with Crippen molar-refractivity contribution < 1.29 is 14.7 Å². The summed E-state index contributed by atoms with van der Waals surface area (Å²) in [6.45, 7) is 0.272. The molecule has 0 saturated heterocycles. The minimum absolute atomic E-state index is 0.0114. The molecule has 1 aromatic rings. The summed E-state index contributed by atoms with van der Waals surface area (Å²) in [5.74, 6) is -1.00. The summed E-state index contributed by atoms with van der Waals surface area (Å²) in [4.78, 5) is 28.2. The Hall–Kier alpha value is -1.91. The second-order valence-electron chi connectivity index (χ2n) is 4.12. The molecule has 0 atom stereocenters. The first-order valence-electron chi connectivity index (χ1n) is 5.61. The fourth-order valence-electron chi connectivity index (χ4n) is 1.71. The van der Waals surface area contributed by atoms with Crippen LogP contribution in [0.2, 0.25) is 0 Å². The van der Waals surface area contributed by atoms with E-state index in [-0.39, 0.29) is 24.9 Å². The molecule has 0 aliphatic heterocycles. The van der Waals surface area contributed by atoms with E-state index in [0.717, 1.165) is 12.8 Å². The summed E-state index contributed by atoms with van der Waals surface area (Å²) < 4.78 is 0. The van der Waals surface area contributed by atoms with E-state index >= 15 is 0 Å². The molecular formula is C12H14N2O3. The van der Waals surface area contributed by atoms with Crippen molar-refractivity contribution in [2.24, 2.45) is 0 Å². The van der Waals surface area contributed by atoms with Crippen LogP contribution in [0.1, 0.15) is 29.6 Å². The summed E-state index contributed by atoms with van der Waals surface area (Å²) in [5.41, 5.74) is 0.518. The summed E-state index contributed by atoms with van der Waals surface area (Å²) in [5, 5.41) is 8.67. The first-order valence-corrected chi connectivity index (χ1v) is 5.61. The van der Waals surface area contributed by atoms with Gasteiger partial charge in [0, 0.05) is 25.0 Å². The van der Waals surface area contributed by atoms with Gasteiger partial charge in [-0.25, -0.2) is 0 Å². The Morgan fingerprint density at radius 2 is 2.24 bits per heavy atom. The number of nitrogens with zero attached hydrogens (tertiary/aromatic N) is 2. The van der Waals surface area contributed by atoms with Gasteiger partial charge in [0.25, 0.3) is 5.91 Å². The van der Waals surface area contributed by atoms with Crippen LogP contribution in [-0.2, 0) is 4.79 Å². The number of aromatic nitrogens is 1. The minimum Gasteiger partial charge on any atom is -0.481 e. The van der Waals surface area contributed by atoms with E-state index in [4.69, 9.17) is 5.11 Å². The van der Waals surface area contributed by atoms with E-state index < -0.39 is 5.97 Å². The predicted molar refractivity (Wildman–Crippen MR) is 60.5 cm³/mol. The maximum Gasteiger partial charge on any atom is 0.305 e. The number of hydrogen-bond acceptors (Lipinski definition) is 3. The van der Waals surface area contributed by atoms with Gasteiger partial charge in [0.05, 0.1) is 12.0 Å². The van der Waals surface area contributed by atoms with Crippen molar-refractivity contribution in [1.82, 2.24) is 9.88 Å². The normalized spacial score (nSPS) is 14.4. The Balaban J connectivity index is 2.05. The van der Waals surface area contributed by atoms with Crippen molar-refractivity contribution >= 4 is 11.9 Å². The van der Waals surface area contributed by atoms with Crippen LogP contribution in [0, 0.1) is 0 Å². The maximum atomic E-state index is 12.1. The van der Waals surface area contributed by atoms with Gasteiger partial charge in [-0.15, -0.1) is 0 Å². The van der Waals surface area contributed by atoms with Gasteiger partial charge in [-0.1, -0.05) is 0 Å². The number of carbonyl (C=O) groups is 2. The molecule has 1 aliphatic carbocycles. The molecule has 1 heterocycles. The molecule has 1 saturated carbocycles. The highest BCUT2D eigenvalue weighted by Crippen LogP contribution is 2.28. The summed E-state index contributed by atoms with van der Waals surface area (Å²) in [6.07, 6.45) is 5.04. The van der Waals surface area contributed by atoms with E-state index in [9.17, 15) is 9.59 Å². The molecule has 90 valence electrons. The van der Waals surface area contributed by atoms with Gasteiger partial charge in [-0.2, -0.15) is 0 Å². The van der Waals surface area contributed by atoms with Crippen LogP contribution >= 0.6 is 0 Å². The molecule has 0 unspecified atom stereocenters. The highest BCUT2D eigenvalue weighted by Gasteiger charge is 2.33. The number of carboxylic acid groups (broad SMARTS) is 1. The van der Waals surface area contributed by atoms with E-state index in [0.29, 0.717) is 5.56 Å². The number of carboxylic acids is 1. The van der Waals surface area contributed by atoms with Gasteiger partial charge in [0.1, 0.15) is 0 Å². The molecule has 17 heavy (non-hydrogen) atoms. The lowest BCUT2D eigenvalue weighted by atomic mass is 10.2. The third-order valence-corrected chi connectivity index (χ3v) is 2.72. The van der Waals surface area contributed by atoms with Gasteiger partial charge < -0.3 is 10.0 Å². The lowest BCUT2D eigenvalue weighted by Crippen LogP contribution is -2.35. The Morgan fingerprint density at radius 3 is 2.76 bits per heavy atom. The standard InChI is InChI=1S/C12H14N2O3/c15-11(16)5-7-14(10-3-4-10)12(17)9-2-1-6-13-8-9/h1-2,6,8,10H,3-5,7H2,(H,15,16). The molecule has 0 spiro atoms. The second-order valence-corrected chi connectivity index (χ2v) is 4.12. The lowest BCUT2D eigenvalue weighted by molar-refractivity contribution is -0.137. The average molecular weight is 234 g/mol. The van der Waals surface area contributed by atoms with Crippen molar-refractivity contribution in [2.75, 3.05) is 6.54 Å². The van der Waals surface area contributed by atoms with Gasteiger partial charge in [0.15, 0.2) is 0 Å². The van der Waals surface area contributed by atoms with E-state index in [1.807, 2.05) is 0 Å². The Kier molecular flexibility index (Phi) is 3.37. The number of carbonyl (C=O) groups excluding carboxylic acids is 1. The second kappa shape index (κ2) is 4.95. The quantitative estimate of drug-likeness (QED) is 0.830. The maximum absolute atomic E-state index is 12.1. The van der Waals surface area contributed by atoms with E-state index in [2.05, 4.69) is 4.98 Å². The van der Waals surface area contributed by atoms with Gasteiger partial charge in [-0.3, -0.25) is 14.6 Å². The van der Waals surface area contributed by atoms with Gasteiger partial charge in [-0.05, 0) is 25.0 Å². The number of amides is 1. The largest absolute Gasteiger partial charge is 0.481 e. The van der Waals surface area contributed by atoms with Crippen LogP contribution in [0.3, 0.4) is 0 Å². The summed E-state index contributed by atoms with van der Waals surface area (Å²) in [7, 11) is 0. The van der Waals surface area contributed by atoms with Crippen molar-refractivity contribution in [3.63, 3.8) is 0 Å². The zero-order chi connectivity index (χ0) is 12.3. The Bertz CT molecular complexity index is 415. The van der Waals surface area contributed by atoms with E-state index in [1.165, 1.54) is 6.20 Å². The van der Waals surface area contributed by atoms with Crippen LogP contribution < -0.4 is 0 Å². The fourth-order valence-corrected chi connectivity index (χ4v) is 1.71. The topological polar surface area (TPSA) is 70.5 Å². The molecule has 0 radical (unpaired) electrons. The SMILES string of the molecule is O=C(O)CCN(C(=O)c1cccnc1)C1CC1. The molecular weight excluding hydrogens is 220 g/mol. The molecule has 1 aromatic heterocycles. The first-order chi connectivity index (χ1) is 8.18. The van der Waals surface area contributed by atoms with Crippen molar-refractivity contribution in [3.8, 4) is 0 Å². The average Bonchev–Trinajstić information content (AvgIpc) is 3.14. The highest BCUT2D eigenvalue weighted by atomic mass is 16.4. The number of aliphatic carboxylic acids is 1. The predicted octanol–water partition coefficient (Wildman–Crippen LogP) is 1.16. The van der Waals surface area contributed by atoms with Crippen LogP contribution in [0.5, 0.6) is 0 Å². The number of hydrogen-bond donors (Lipinski definition) is 1. The third kappa shape index (κ3) is 3.03. The molecule has 1 aliphatic rings. The van der Waals surface area contributed by atoms with Crippen molar-refractivity contribution in [2.45, 2.75) is 25.3 Å². The smallest absolute Gasteiger partial charge is 0.305 e. The van der Waals surface area contributed by atoms with Crippen LogP contribution in [-0.4, -0.2) is 39.5 Å². The first kappa shape index (κ1) is 11.6. The van der Waals surface area contributed by atoms with Crippen LogP contribution in [0.25, 0.3) is 0 Å². The number of rotatable bonds is 5. The lowest BCUT2D eigenvalue weighted by Gasteiger charge is -2.21. The monoisotopic (exact) mass is 234 g/mol. The summed E-state index contributed by atoms with van der Waals surface area (Å²) >= 11 is 0. The molecule has 5 heteroatoms. The minimum atomic E-state index is -0.880. The van der Waals surface area contributed by atoms with E-state index in [1.54, 1.807) is 23.2 Å². The van der Waals surface area contributed by atoms with Crippen LogP contribution in [0.4, 0.5) is 0 Å². The molecule has 0 bridgehead atoms. The Morgan fingerprint density at radius 1 is 1.47 bits per heavy atom. The molecule has 1 N–H and O–H groups in total. The van der Waals surface area contributed by atoms with Gasteiger partial charge in [0.2, 0.25) is 0 Å². The molecule has 0 aromatic carbocycles. The molecule has 1 fully saturated rings. The van der Waals surface area contributed by atoms with Crippen LogP contribution in [0.15, 0.2) is 24.5 Å². The fraction of sp³-hybridized carbons (Fsp3) is 0.417. The van der Waals surface area contributed by atoms with Gasteiger partial charge >= 0.3 is 5.97 Å². The number of pyridine rings is 1. The molecule has 1 amide bonds. The molecule has 2 rings (SSSR count). The summed E-state index contributed by atoms with van der Waals surface area (Å²) in [6, 6.07) is 3.61. The zero-order valence-electron chi connectivity index (χ0n) is 9.37.